The van der Waals surface area contributed by atoms with Gasteiger partial charge in [0.05, 0.1) is 6.61 Å². The van der Waals surface area contributed by atoms with Crippen molar-refractivity contribution in [2.45, 2.75) is 38.8 Å². The second-order valence-corrected chi connectivity index (χ2v) is 5.51. The van der Waals surface area contributed by atoms with Gasteiger partial charge in [-0.2, -0.15) is 5.26 Å². The maximum atomic E-state index is 12.0. The van der Waals surface area contributed by atoms with Crippen LogP contribution in [0.15, 0.2) is 30.3 Å². The highest BCUT2D eigenvalue weighted by Gasteiger charge is 2.40. The smallest absolute Gasteiger partial charge is 0.407 e. The molecule has 0 heterocycles. The van der Waals surface area contributed by atoms with Crippen molar-refractivity contribution in [3.05, 3.63) is 35.9 Å². The van der Waals surface area contributed by atoms with Crippen LogP contribution in [0.3, 0.4) is 0 Å². The Morgan fingerprint density at radius 1 is 1.19 bits per heavy atom. The van der Waals surface area contributed by atoms with Gasteiger partial charge >= 0.3 is 12.1 Å². The Labute approximate surface area is 152 Å². The molecule has 0 bridgehead atoms. The van der Waals surface area contributed by atoms with E-state index in [2.05, 4.69) is 10.6 Å². The first-order chi connectivity index (χ1) is 12.4. The van der Waals surface area contributed by atoms with Crippen LogP contribution in [0.2, 0.25) is 0 Å². The van der Waals surface area contributed by atoms with Gasteiger partial charge in [0.15, 0.2) is 0 Å². The summed E-state index contributed by atoms with van der Waals surface area (Å²) >= 11 is 0. The summed E-state index contributed by atoms with van der Waals surface area (Å²) in [5.41, 5.74) is -0.906. The number of amides is 2. The molecule has 8 heteroatoms. The van der Waals surface area contributed by atoms with Crippen molar-refractivity contribution in [2.24, 2.45) is 0 Å². The molecule has 8 nitrogen and oxygen atoms in total. The summed E-state index contributed by atoms with van der Waals surface area (Å²) in [5.74, 6) is -1.33. The standard InChI is InChI=1S/C18H23N3O5/c1-3-25-16(23)18(13-19,21-14(2)22)10-7-11-20-17(24)26-12-15-8-5-4-6-9-15/h4-6,8-9H,3,7,10-12H2,1-2H3,(H,20,24)(H,21,22). The van der Waals surface area contributed by atoms with Crippen LogP contribution >= 0.6 is 0 Å². The Kier molecular flexibility index (Phi) is 8.64. The van der Waals surface area contributed by atoms with Gasteiger partial charge in [0.1, 0.15) is 12.7 Å². The van der Waals surface area contributed by atoms with Gasteiger partial charge in [-0.3, -0.25) is 4.79 Å². The zero-order valence-electron chi connectivity index (χ0n) is 14.9. The van der Waals surface area contributed by atoms with Crippen LogP contribution in [0, 0.1) is 11.3 Å². The van der Waals surface area contributed by atoms with Gasteiger partial charge in [0.2, 0.25) is 11.4 Å². The highest BCUT2D eigenvalue weighted by Crippen LogP contribution is 2.15. The lowest BCUT2D eigenvalue weighted by Crippen LogP contribution is -2.54. The third-order valence-electron chi connectivity index (χ3n) is 3.41. The summed E-state index contributed by atoms with van der Waals surface area (Å²) in [6.07, 6.45) is -0.333. The molecule has 1 unspecified atom stereocenters. The lowest BCUT2D eigenvalue weighted by Gasteiger charge is -2.24. The van der Waals surface area contributed by atoms with Crippen molar-refractivity contribution < 1.29 is 23.9 Å². The second-order valence-electron chi connectivity index (χ2n) is 5.51. The minimum Gasteiger partial charge on any atom is -0.463 e. The summed E-state index contributed by atoms with van der Waals surface area (Å²) < 4.78 is 9.94. The first-order valence-corrected chi connectivity index (χ1v) is 8.25. The summed E-state index contributed by atoms with van der Waals surface area (Å²) in [6, 6.07) is 11.0. The van der Waals surface area contributed by atoms with Gasteiger partial charge in [0, 0.05) is 13.5 Å². The molecule has 0 fully saturated rings. The molecule has 0 aliphatic heterocycles. The van der Waals surface area contributed by atoms with Crippen LogP contribution in [0.1, 0.15) is 32.3 Å². The molecule has 1 aromatic rings. The third-order valence-corrected chi connectivity index (χ3v) is 3.41. The lowest BCUT2D eigenvalue weighted by atomic mass is 9.95. The van der Waals surface area contributed by atoms with Gasteiger partial charge in [-0.15, -0.1) is 0 Å². The van der Waals surface area contributed by atoms with Crippen LogP contribution in [0.5, 0.6) is 0 Å². The normalized spacial score (nSPS) is 12.2. The molecule has 140 valence electrons. The first-order valence-electron chi connectivity index (χ1n) is 8.25. The van der Waals surface area contributed by atoms with Crippen molar-refractivity contribution in [2.75, 3.05) is 13.2 Å². The molecule has 1 atom stereocenters. The Balaban J connectivity index is 2.46. The number of nitrogens with one attached hydrogen (secondary N) is 2. The lowest BCUT2D eigenvalue weighted by molar-refractivity contribution is -0.150. The van der Waals surface area contributed by atoms with Crippen LogP contribution in [0.4, 0.5) is 4.79 Å². The molecule has 0 spiro atoms. The highest BCUT2D eigenvalue weighted by atomic mass is 16.5. The van der Waals surface area contributed by atoms with E-state index in [1.807, 2.05) is 36.4 Å². The Morgan fingerprint density at radius 2 is 1.88 bits per heavy atom. The summed E-state index contributed by atoms with van der Waals surface area (Å²) in [5, 5.41) is 14.2. The van der Waals surface area contributed by atoms with Crippen LogP contribution in [0.25, 0.3) is 0 Å². The third kappa shape index (κ3) is 6.81. The number of hydrogen-bond donors (Lipinski definition) is 2. The zero-order chi connectivity index (χ0) is 19.4. The van der Waals surface area contributed by atoms with E-state index in [0.29, 0.717) is 0 Å². The highest BCUT2D eigenvalue weighted by molar-refractivity contribution is 5.90. The van der Waals surface area contributed by atoms with Crippen LogP contribution in [-0.4, -0.2) is 36.7 Å². The molecular weight excluding hydrogens is 338 g/mol. The molecule has 0 radical (unpaired) electrons. The molecule has 0 saturated heterocycles. The summed E-state index contributed by atoms with van der Waals surface area (Å²) in [6.45, 7) is 3.23. The number of carbonyl (C=O) groups is 3. The molecule has 2 N–H and O–H groups in total. The van der Waals surface area contributed by atoms with E-state index in [-0.39, 0.29) is 32.6 Å². The average molecular weight is 361 g/mol. The molecule has 0 saturated carbocycles. The van der Waals surface area contributed by atoms with Crippen molar-refractivity contribution >= 4 is 18.0 Å². The van der Waals surface area contributed by atoms with Crippen molar-refractivity contribution in [3.63, 3.8) is 0 Å². The summed E-state index contributed by atoms with van der Waals surface area (Å²) in [4.78, 5) is 35.0. The quantitative estimate of drug-likeness (QED) is 0.510. The fourth-order valence-corrected chi connectivity index (χ4v) is 2.22. The van der Waals surface area contributed by atoms with E-state index in [0.717, 1.165) is 5.56 Å². The SMILES string of the molecule is CCOC(=O)C(C#N)(CCCNC(=O)OCc1ccccc1)NC(C)=O. The predicted octanol–water partition coefficient (Wildman–Crippen LogP) is 1.65. The fourth-order valence-electron chi connectivity index (χ4n) is 2.22. The number of rotatable bonds is 9. The van der Waals surface area contributed by atoms with Gasteiger partial charge in [-0.25, -0.2) is 9.59 Å². The Bertz CT molecular complexity index is 657. The molecule has 0 aliphatic rings. The number of hydrogen-bond acceptors (Lipinski definition) is 6. The second kappa shape index (κ2) is 10.7. The maximum absolute atomic E-state index is 12.0. The van der Waals surface area contributed by atoms with Crippen molar-refractivity contribution in [1.82, 2.24) is 10.6 Å². The van der Waals surface area contributed by atoms with E-state index in [1.165, 1.54) is 6.92 Å². The van der Waals surface area contributed by atoms with E-state index >= 15 is 0 Å². The number of esters is 1. The molecule has 1 rings (SSSR count). The zero-order valence-corrected chi connectivity index (χ0v) is 14.9. The van der Waals surface area contributed by atoms with Gasteiger partial charge in [-0.05, 0) is 25.3 Å². The molecule has 0 aliphatic carbocycles. The Morgan fingerprint density at radius 3 is 2.46 bits per heavy atom. The van der Waals surface area contributed by atoms with E-state index in [4.69, 9.17) is 9.47 Å². The number of ether oxygens (including phenoxy) is 2. The fraction of sp³-hybridized carbons (Fsp3) is 0.444. The number of nitrogens with zero attached hydrogens (tertiary/aromatic N) is 1. The van der Waals surface area contributed by atoms with Crippen LogP contribution in [-0.2, 0) is 25.7 Å². The monoisotopic (exact) mass is 361 g/mol. The van der Waals surface area contributed by atoms with Crippen molar-refractivity contribution in [1.29, 1.82) is 5.26 Å². The number of alkyl carbamates (subject to hydrolysis) is 1. The largest absolute Gasteiger partial charge is 0.463 e. The average Bonchev–Trinajstić information content (AvgIpc) is 2.63. The number of benzene rings is 1. The predicted molar refractivity (Wildman–Crippen MR) is 92.7 cm³/mol. The van der Waals surface area contributed by atoms with Gasteiger partial charge in [-0.1, -0.05) is 30.3 Å². The molecule has 1 aromatic carbocycles. The molecule has 26 heavy (non-hydrogen) atoms. The van der Waals surface area contributed by atoms with E-state index < -0.39 is 23.5 Å². The minimum atomic E-state index is -1.77. The summed E-state index contributed by atoms with van der Waals surface area (Å²) in [7, 11) is 0. The molecule has 0 aromatic heterocycles. The maximum Gasteiger partial charge on any atom is 0.407 e. The topological polar surface area (TPSA) is 118 Å². The molecule has 2 amide bonds. The van der Waals surface area contributed by atoms with E-state index in [9.17, 15) is 19.6 Å². The number of nitriles is 1. The van der Waals surface area contributed by atoms with Crippen LogP contribution < -0.4 is 10.6 Å². The van der Waals surface area contributed by atoms with E-state index in [1.54, 1.807) is 6.92 Å². The first kappa shape index (κ1) is 21.0. The minimum absolute atomic E-state index is 0.000872. The number of carbonyl (C=O) groups excluding carboxylic acids is 3. The van der Waals surface area contributed by atoms with Crippen molar-refractivity contribution in [3.8, 4) is 6.07 Å². The Hall–Kier alpha value is -3.08. The van der Waals surface area contributed by atoms with Gasteiger partial charge < -0.3 is 20.1 Å². The molecular formula is C18H23N3O5. The van der Waals surface area contributed by atoms with Gasteiger partial charge in [0.25, 0.3) is 0 Å².